The fourth-order valence-corrected chi connectivity index (χ4v) is 6.35. The van der Waals surface area contributed by atoms with E-state index in [1.165, 1.54) is 96.3 Å². The van der Waals surface area contributed by atoms with Gasteiger partial charge in [0.15, 0.2) is 0 Å². The van der Waals surface area contributed by atoms with Gasteiger partial charge in [-0.2, -0.15) is 0 Å². The maximum absolute atomic E-state index is 12.6. The summed E-state index contributed by atoms with van der Waals surface area (Å²) in [5.41, 5.74) is 0. The molecule has 0 fully saturated rings. The number of phosphoric acid groups is 1. The number of carbonyl (C=O) groups is 1. The van der Waals surface area contributed by atoms with Crippen LogP contribution < -0.4 is 0 Å². The largest absolute Gasteiger partial charge is 0.472 e. The van der Waals surface area contributed by atoms with Gasteiger partial charge in [-0.05, 0) is 70.6 Å². The van der Waals surface area contributed by atoms with Crippen molar-refractivity contribution in [2.75, 3.05) is 33.0 Å². The first-order chi connectivity index (χ1) is 25.3. The van der Waals surface area contributed by atoms with Gasteiger partial charge in [0.2, 0.25) is 0 Å². The fourth-order valence-electron chi connectivity index (χ4n) is 5.56. The van der Waals surface area contributed by atoms with E-state index in [0.29, 0.717) is 6.61 Å². The molecular weight excluding hydrogens is 679 g/mol. The zero-order chi connectivity index (χ0) is 38.2. The summed E-state index contributed by atoms with van der Waals surface area (Å²) >= 11 is 0. The van der Waals surface area contributed by atoms with Gasteiger partial charge in [0.25, 0.3) is 0 Å². The van der Waals surface area contributed by atoms with Gasteiger partial charge in [0.05, 0.1) is 26.4 Å². The molecule has 0 aliphatic rings. The molecule has 0 aliphatic carbocycles. The van der Waals surface area contributed by atoms with Crippen molar-refractivity contribution in [2.24, 2.45) is 0 Å². The average molecular weight is 759 g/mol. The Morgan fingerprint density at radius 3 is 1.60 bits per heavy atom. The monoisotopic (exact) mass is 759 g/mol. The Morgan fingerprint density at radius 2 is 1.04 bits per heavy atom. The van der Waals surface area contributed by atoms with E-state index in [1.54, 1.807) is 0 Å². The van der Waals surface area contributed by atoms with Gasteiger partial charge >= 0.3 is 13.8 Å². The van der Waals surface area contributed by atoms with Gasteiger partial charge in [-0.15, -0.1) is 0 Å². The van der Waals surface area contributed by atoms with Gasteiger partial charge in [0, 0.05) is 13.0 Å². The van der Waals surface area contributed by atoms with Crippen LogP contribution in [0.15, 0.2) is 36.5 Å². The molecule has 0 radical (unpaired) electrons. The van der Waals surface area contributed by atoms with Crippen molar-refractivity contribution in [1.82, 2.24) is 0 Å². The van der Waals surface area contributed by atoms with Crippen LogP contribution in [0.3, 0.4) is 0 Å². The van der Waals surface area contributed by atoms with E-state index in [4.69, 9.17) is 23.6 Å². The first-order valence-corrected chi connectivity index (χ1v) is 22.5. The number of hydrogen-bond donors (Lipinski definition) is 3. The molecule has 3 unspecified atom stereocenters. The number of unbranched alkanes of at least 4 members (excludes halogenated alkanes) is 20. The van der Waals surface area contributed by atoms with E-state index in [-0.39, 0.29) is 19.6 Å². The van der Waals surface area contributed by atoms with Crippen LogP contribution in [0, 0.1) is 0 Å². The third-order valence-corrected chi connectivity index (χ3v) is 9.75. The lowest BCUT2D eigenvalue weighted by molar-refractivity contribution is -0.154. The van der Waals surface area contributed by atoms with Crippen molar-refractivity contribution in [3.63, 3.8) is 0 Å². The molecule has 3 N–H and O–H groups in total. The summed E-state index contributed by atoms with van der Waals surface area (Å²) in [6, 6.07) is 0. The lowest BCUT2D eigenvalue weighted by atomic mass is 10.1. The van der Waals surface area contributed by atoms with E-state index in [2.05, 4.69) is 50.3 Å². The van der Waals surface area contributed by atoms with Crippen LogP contribution in [0.4, 0.5) is 0 Å². The number of hydrogen-bond acceptors (Lipinski definition) is 8. The van der Waals surface area contributed by atoms with E-state index in [1.807, 2.05) is 0 Å². The standard InChI is InChI=1S/C42H79O9P/c1-3-5-7-9-11-13-15-17-18-19-20-21-22-24-26-28-30-32-34-42(45)51-41(39-50-52(46,47)49-37-40(44)36-43)38-48-35-33-31-29-27-25-23-16-14-12-10-8-6-4-2/h12-15,18-19,40-41,43-44H,3-11,16-17,20-39H2,1-2H3,(H,46,47)/b14-12-,15-13-,19-18-. The molecule has 0 aromatic heterocycles. The molecular formula is C42H79O9P. The molecule has 3 atom stereocenters. The summed E-state index contributed by atoms with van der Waals surface area (Å²) in [6.45, 7) is 3.46. The second kappa shape index (κ2) is 39.4. The van der Waals surface area contributed by atoms with Crippen LogP contribution in [-0.2, 0) is 27.9 Å². The van der Waals surface area contributed by atoms with Crippen molar-refractivity contribution in [3.05, 3.63) is 36.5 Å². The number of esters is 1. The maximum Gasteiger partial charge on any atom is 0.472 e. The van der Waals surface area contributed by atoms with Crippen molar-refractivity contribution < 1.29 is 43.0 Å². The zero-order valence-corrected chi connectivity index (χ0v) is 34.2. The summed E-state index contributed by atoms with van der Waals surface area (Å²) in [5.74, 6) is -0.393. The highest BCUT2D eigenvalue weighted by Gasteiger charge is 2.26. The highest BCUT2D eigenvalue weighted by molar-refractivity contribution is 7.47. The lowest BCUT2D eigenvalue weighted by Crippen LogP contribution is -2.29. The van der Waals surface area contributed by atoms with Gasteiger partial charge in [0.1, 0.15) is 12.2 Å². The first-order valence-electron chi connectivity index (χ1n) is 21.0. The Bertz CT molecular complexity index is 908. The van der Waals surface area contributed by atoms with E-state index in [0.717, 1.165) is 64.2 Å². The number of phosphoric ester groups is 1. The quantitative estimate of drug-likeness (QED) is 0.0242. The molecule has 0 spiro atoms. The van der Waals surface area contributed by atoms with Crippen LogP contribution in [0.1, 0.15) is 181 Å². The Kier molecular flexibility index (Phi) is 38.4. The molecule has 0 heterocycles. The van der Waals surface area contributed by atoms with Crippen LogP contribution in [0.5, 0.6) is 0 Å². The van der Waals surface area contributed by atoms with Crippen LogP contribution in [-0.4, -0.2) is 66.3 Å². The minimum absolute atomic E-state index is 0.0423. The molecule has 306 valence electrons. The average Bonchev–Trinajstić information content (AvgIpc) is 3.13. The lowest BCUT2D eigenvalue weighted by Gasteiger charge is -2.20. The minimum Gasteiger partial charge on any atom is -0.457 e. The third-order valence-electron chi connectivity index (χ3n) is 8.80. The second-order valence-corrected chi connectivity index (χ2v) is 15.5. The summed E-state index contributed by atoms with van der Waals surface area (Å²) in [7, 11) is -4.52. The predicted molar refractivity (Wildman–Crippen MR) is 214 cm³/mol. The summed E-state index contributed by atoms with van der Waals surface area (Å²) < 4.78 is 33.3. The molecule has 52 heavy (non-hydrogen) atoms. The minimum atomic E-state index is -4.52. The van der Waals surface area contributed by atoms with Crippen LogP contribution in [0.2, 0.25) is 0 Å². The van der Waals surface area contributed by atoms with Crippen molar-refractivity contribution >= 4 is 13.8 Å². The van der Waals surface area contributed by atoms with Crippen LogP contribution >= 0.6 is 7.82 Å². The molecule has 0 aromatic carbocycles. The number of allylic oxidation sites excluding steroid dienone is 6. The Morgan fingerprint density at radius 1 is 0.596 bits per heavy atom. The summed E-state index contributed by atoms with van der Waals surface area (Å²) in [6.07, 6.45) is 40.9. The predicted octanol–water partition coefficient (Wildman–Crippen LogP) is 11.3. The van der Waals surface area contributed by atoms with Gasteiger partial charge in [-0.25, -0.2) is 4.57 Å². The number of carbonyl (C=O) groups excluding carboxylic acids is 1. The normalized spacial score (nSPS) is 14.5. The van der Waals surface area contributed by atoms with Crippen molar-refractivity contribution in [2.45, 2.75) is 193 Å². The van der Waals surface area contributed by atoms with Crippen molar-refractivity contribution in [3.8, 4) is 0 Å². The molecule has 0 aromatic rings. The van der Waals surface area contributed by atoms with Gasteiger partial charge < -0.3 is 24.6 Å². The number of aliphatic hydroxyl groups excluding tert-OH is 2. The van der Waals surface area contributed by atoms with Gasteiger partial charge in [-0.1, -0.05) is 140 Å². The van der Waals surface area contributed by atoms with E-state index < -0.39 is 39.2 Å². The van der Waals surface area contributed by atoms with Gasteiger partial charge in [-0.3, -0.25) is 13.8 Å². The molecule has 0 amide bonds. The summed E-state index contributed by atoms with van der Waals surface area (Å²) in [5, 5.41) is 18.3. The molecule has 9 nitrogen and oxygen atoms in total. The summed E-state index contributed by atoms with van der Waals surface area (Å²) in [4.78, 5) is 22.5. The van der Waals surface area contributed by atoms with E-state index in [9.17, 15) is 19.4 Å². The first kappa shape index (κ1) is 50.7. The van der Waals surface area contributed by atoms with Crippen LogP contribution in [0.25, 0.3) is 0 Å². The number of ether oxygens (including phenoxy) is 2. The topological polar surface area (TPSA) is 132 Å². The smallest absolute Gasteiger partial charge is 0.457 e. The molecule has 0 saturated heterocycles. The highest BCUT2D eigenvalue weighted by Crippen LogP contribution is 2.43. The number of aliphatic hydroxyl groups is 2. The number of rotatable bonds is 40. The maximum atomic E-state index is 12.6. The van der Waals surface area contributed by atoms with Crippen molar-refractivity contribution in [1.29, 1.82) is 0 Å². The third kappa shape index (κ3) is 38.4. The Hall–Kier alpha value is -1.32. The Labute approximate surface area is 318 Å². The SMILES string of the molecule is CCCCC/C=C\CCCCCCCCOCC(COP(=O)(O)OCC(O)CO)OC(=O)CCCCCCCCC/C=C\C/C=C\CCCCCC. The molecule has 10 heteroatoms. The zero-order valence-electron chi connectivity index (χ0n) is 33.3. The van der Waals surface area contributed by atoms with E-state index >= 15 is 0 Å². The molecule has 0 bridgehead atoms. The fraction of sp³-hybridized carbons (Fsp3) is 0.833. The molecule has 0 saturated carbocycles. The molecule has 0 aliphatic heterocycles. The highest BCUT2D eigenvalue weighted by atomic mass is 31.2. The second-order valence-electron chi connectivity index (χ2n) is 14.0. The molecule has 0 rings (SSSR count). The Balaban J connectivity index is 4.20.